The molecule has 0 aromatic rings. The van der Waals surface area contributed by atoms with Crippen molar-refractivity contribution in [2.75, 3.05) is 6.61 Å². The third-order valence-corrected chi connectivity index (χ3v) is 1.12. The van der Waals surface area contributed by atoms with Crippen LogP contribution >= 0.6 is 0 Å². The van der Waals surface area contributed by atoms with Crippen molar-refractivity contribution in [1.29, 1.82) is 0 Å². The maximum Gasteiger partial charge on any atom is 0.183 e. The van der Waals surface area contributed by atoms with Crippen LogP contribution in [0.5, 0.6) is 0 Å². The first-order valence-corrected chi connectivity index (χ1v) is 2.37. The maximum absolute atomic E-state index is 8.64. The van der Waals surface area contributed by atoms with E-state index in [0.717, 1.165) is 0 Å². The topological polar surface area (TPSA) is 69.9 Å². The summed E-state index contributed by atoms with van der Waals surface area (Å²) in [6.07, 6.45) is -3.26. The van der Waals surface area contributed by atoms with Gasteiger partial charge in [0.15, 0.2) is 6.29 Å². The molecule has 2 radical (unpaired) electrons. The first-order valence-electron chi connectivity index (χ1n) is 2.37. The molecule has 0 saturated carbocycles. The molecule has 9 heavy (non-hydrogen) atoms. The van der Waals surface area contributed by atoms with Gasteiger partial charge in [0.25, 0.3) is 0 Å². The summed E-state index contributed by atoms with van der Waals surface area (Å²) in [4.78, 5) is 0. The minimum absolute atomic E-state index is 0. The van der Waals surface area contributed by atoms with Crippen LogP contribution in [0.3, 0.4) is 0 Å². The van der Waals surface area contributed by atoms with Crippen LogP contribution in [0.15, 0.2) is 0 Å². The fraction of sp³-hybridized carbons (Fsp3) is 1.00. The van der Waals surface area contributed by atoms with Gasteiger partial charge in [-0.1, -0.05) is 0 Å². The van der Waals surface area contributed by atoms with Gasteiger partial charge in [0.05, 0.1) is 6.61 Å². The monoisotopic (exact) mass is 160 g/mol. The third-order valence-electron chi connectivity index (χ3n) is 1.12. The molecule has 0 aromatic carbocycles. The fourth-order valence-corrected chi connectivity index (χ4v) is 0.584. The summed E-state index contributed by atoms with van der Waals surface area (Å²) < 4.78 is 4.43. The average Bonchev–Trinajstić information content (AvgIpc) is 1.98. The second-order valence-corrected chi connectivity index (χ2v) is 1.78. The Kier molecular flexibility index (Phi) is 4.58. The Bertz CT molecular complexity index is 78.6. The molecule has 0 amide bonds. The number of aliphatic hydroxyl groups is 3. The molecule has 3 N–H and O–H groups in total. The molecule has 4 nitrogen and oxygen atoms in total. The number of hydrogen-bond acceptors (Lipinski definition) is 4. The van der Waals surface area contributed by atoms with Crippen LogP contribution in [0.2, 0.25) is 0 Å². The molecule has 0 aliphatic carbocycles. The Hall–Kier alpha value is 1.10. The van der Waals surface area contributed by atoms with Crippen molar-refractivity contribution in [1.82, 2.24) is 0 Å². The molecule has 1 aliphatic rings. The van der Waals surface area contributed by atoms with Gasteiger partial charge in [-0.2, -0.15) is 0 Å². The first-order chi connectivity index (χ1) is 3.72. The SMILES string of the molecule is O[C@H]1[C@H](O)CO[C@@H]1O.[Ca]. The van der Waals surface area contributed by atoms with Crippen LogP contribution in [0.1, 0.15) is 0 Å². The van der Waals surface area contributed by atoms with Crippen molar-refractivity contribution < 1.29 is 20.1 Å². The van der Waals surface area contributed by atoms with Crippen molar-refractivity contribution in [3.8, 4) is 0 Å². The second kappa shape index (κ2) is 4.08. The summed E-state index contributed by atoms with van der Waals surface area (Å²) >= 11 is 0. The smallest absolute Gasteiger partial charge is 0.183 e. The Morgan fingerprint density at radius 1 is 1.22 bits per heavy atom. The van der Waals surface area contributed by atoms with E-state index in [0.29, 0.717) is 0 Å². The molecule has 3 atom stereocenters. The minimum atomic E-state index is -1.20. The van der Waals surface area contributed by atoms with Crippen LogP contribution < -0.4 is 0 Å². The predicted octanol–water partition coefficient (Wildman–Crippen LogP) is -2.32. The summed E-state index contributed by atoms with van der Waals surface area (Å²) in [7, 11) is 0. The van der Waals surface area contributed by atoms with Gasteiger partial charge in [-0.05, 0) is 0 Å². The quantitative estimate of drug-likeness (QED) is 0.348. The molecule has 1 fully saturated rings. The fourth-order valence-electron chi connectivity index (χ4n) is 0.584. The van der Waals surface area contributed by atoms with E-state index in [2.05, 4.69) is 4.74 Å². The Balaban J connectivity index is 0.000000640. The van der Waals surface area contributed by atoms with Crippen LogP contribution in [0, 0.1) is 0 Å². The van der Waals surface area contributed by atoms with E-state index >= 15 is 0 Å². The first kappa shape index (κ1) is 10.1. The van der Waals surface area contributed by atoms with Gasteiger partial charge in [0.2, 0.25) is 0 Å². The Labute approximate surface area is 82.4 Å². The zero-order valence-corrected chi connectivity index (χ0v) is 7.10. The third kappa shape index (κ3) is 2.31. The normalized spacial score (nSPS) is 42.3. The van der Waals surface area contributed by atoms with Gasteiger partial charge >= 0.3 is 0 Å². The molecule has 50 valence electrons. The zero-order valence-electron chi connectivity index (χ0n) is 4.90. The van der Waals surface area contributed by atoms with Gasteiger partial charge < -0.3 is 20.1 Å². The van der Waals surface area contributed by atoms with Crippen LogP contribution in [-0.2, 0) is 4.74 Å². The van der Waals surface area contributed by atoms with Gasteiger partial charge in [-0.25, -0.2) is 0 Å². The number of hydrogen-bond donors (Lipinski definition) is 3. The van der Waals surface area contributed by atoms with E-state index in [1.165, 1.54) is 0 Å². The van der Waals surface area contributed by atoms with Gasteiger partial charge in [0.1, 0.15) is 12.2 Å². The van der Waals surface area contributed by atoms with E-state index in [9.17, 15) is 0 Å². The maximum atomic E-state index is 8.64. The number of aliphatic hydroxyl groups excluding tert-OH is 3. The molecule has 1 heterocycles. The number of ether oxygens (including phenoxy) is 1. The van der Waals surface area contributed by atoms with E-state index < -0.39 is 18.5 Å². The van der Waals surface area contributed by atoms with Gasteiger partial charge in [-0.3, -0.25) is 0 Å². The van der Waals surface area contributed by atoms with Crippen molar-refractivity contribution in [3.05, 3.63) is 0 Å². The average molecular weight is 160 g/mol. The van der Waals surface area contributed by atoms with Gasteiger partial charge in [-0.15, -0.1) is 0 Å². The van der Waals surface area contributed by atoms with Gasteiger partial charge in [0, 0.05) is 37.7 Å². The molecule has 1 aliphatic heterocycles. The van der Waals surface area contributed by atoms with E-state index in [1.807, 2.05) is 0 Å². The van der Waals surface area contributed by atoms with Crippen LogP contribution in [0.25, 0.3) is 0 Å². The summed E-state index contributed by atoms with van der Waals surface area (Å²) in [5.41, 5.74) is 0. The van der Waals surface area contributed by atoms with Crippen molar-refractivity contribution in [2.45, 2.75) is 18.5 Å². The summed E-state index contributed by atoms with van der Waals surface area (Å²) in [6.45, 7) is 0.0162. The van der Waals surface area contributed by atoms with E-state index in [1.54, 1.807) is 0 Å². The Morgan fingerprint density at radius 3 is 1.89 bits per heavy atom. The molecule has 0 aromatic heterocycles. The zero-order chi connectivity index (χ0) is 6.15. The minimum Gasteiger partial charge on any atom is -0.388 e. The molecule has 5 heteroatoms. The molecule has 0 unspecified atom stereocenters. The van der Waals surface area contributed by atoms with E-state index in [4.69, 9.17) is 15.3 Å². The number of rotatable bonds is 0. The van der Waals surface area contributed by atoms with Crippen LogP contribution in [-0.4, -0.2) is 78.2 Å². The van der Waals surface area contributed by atoms with Crippen LogP contribution in [0.4, 0.5) is 0 Å². The predicted molar refractivity (Wildman–Crippen MR) is 29.7 cm³/mol. The molecular formula is C4H8CaO4. The van der Waals surface area contributed by atoms with Crippen molar-refractivity contribution >= 4 is 37.7 Å². The largest absolute Gasteiger partial charge is 0.388 e. The van der Waals surface area contributed by atoms with Crippen molar-refractivity contribution in [2.24, 2.45) is 0 Å². The standard InChI is InChI=1S/C4H8O4.Ca/c5-2-1-8-4(7)3(2)6;/h2-7H,1H2;/t2-,3+,4+;/m1./s1. The molecule has 0 bridgehead atoms. The summed E-state index contributed by atoms with van der Waals surface area (Å²) in [5, 5.41) is 25.8. The molecule has 0 spiro atoms. The second-order valence-electron chi connectivity index (χ2n) is 1.78. The summed E-state index contributed by atoms with van der Waals surface area (Å²) in [5.74, 6) is 0. The Morgan fingerprint density at radius 2 is 1.78 bits per heavy atom. The molecular weight excluding hydrogens is 152 g/mol. The summed E-state index contributed by atoms with van der Waals surface area (Å²) in [6, 6.07) is 0. The van der Waals surface area contributed by atoms with E-state index in [-0.39, 0.29) is 44.3 Å². The molecule has 1 rings (SSSR count). The van der Waals surface area contributed by atoms with Crippen molar-refractivity contribution in [3.63, 3.8) is 0 Å². The molecule has 1 saturated heterocycles.